The summed E-state index contributed by atoms with van der Waals surface area (Å²) in [7, 11) is 0. The van der Waals surface area contributed by atoms with Crippen LogP contribution in [0, 0.1) is 62.1 Å². The SMILES string of the molecule is C=C(C)[C@@H]1CC[C@]2(CC(=O)NCCc3ccccc3)CC[C@]3(C)[C@H](CCC4[C@@]5(C)CC[C@H](OC(=O)CC(C)(C)CC(=O)O)C(C)(C)C5CC[C@]43C)C12. The Balaban J connectivity index is 1.19. The van der Waals surface area contributed by atoms with Crippen molar-refractivity contribution in [1.29, 1.82) is 0 Å². The molecular weight excluding hydrogens is 647 g/mol. The van der Waals surface area contributed by atoms with Gasteiger partial charge in [-0.05, 0) is 140 Å². The molecule has 0 aliphatic heterocycles. The first-order chi connectivity index (χ1) is 24.3. The van der Waals surface area contributed by atoms with E-state index in [1.807, 2.05) is 19.9 Å². The number of amides is 1. The van der Waals surface area contributed by atoms with Gasteiger partial charge in [0.1, 0.15) is 6.10 Å². The van der Waals surface area contributed by atoms with E-state index in [1.54, 1.807) is 0 Å². The number of carbonyl (C=O) groups excluding carboxylic acids is 2. The van der Waals surface area contributed by atoms with Gasteiger partial charge in [0.2, 0.25) is 5.91 Å². The number of nitrogens with one attached hydrogen (secondary N) is 1. The van der Waals surface area contributed by atoms with Gasteiger partial charge in [0, 0.05) is 18.4 Å². The molecule has 6 rings (SSSR count). The van der Waals surface area contributed by atoms with Crippen LogP contribution in [0.3, 0.4) is 0 Å². The third-order valence-corrected chi connectivity index (χ3v) is 16.8. The van der Waals surface area contributed by atoms with Crippen molar-refractivity contribution < 1.29 is 24.2 Å². The van der Waals surface area contributed by atoms with Crippen molar-refractivity contribution in [2.75, 3.05) is 6.54 Å². The van der Waals surface area contributed by atoms with Gasteiger partial charge in [-0.3, -0.25) is 14.4 Å². The monoisotopic (exact) mass is 716 g/mol. The maximum atomic E-state index is 13.7. The van der Waals surface area contributed by atoms with E-state index in [4.69, 9.17) is 4.74 Å². The van der Waals surface area contributed by atoms with Gasteiger partial charge in [0.05, 0.1) is 12.8 Å². The Morgan fingerprint density at radius 3 is 2.25 bits per heavy atom. The van der Waals surface area contributed by atoms with Gasteiger partial charge in [-0.25, -0.2) is 0 Å². The molecule has 6 nitrogen and oxygen atoms in total. The van der Waals surface area contributed by atoms with Crippen LogP contribution in [-0.4, -0.2) is 35.6 Å². The number of hydrogen-bond donors (Lipinski definition) is 2. The smallest absolute Gasteiger partial charge is 0.306 e. The van der Waals surface area contributed by atoms with Crippen molar-refractivity contribution in [3.05, 3.63) is 48.0 Å². The van der Waals surface area contributed by atoms with Gasteiger partial charge < -0.3 is 15.2 Å². The van der Waals surface area contributed by atoms with Crippen molar-refractivity contribution in [3.63, 3.8) is 0 Å². The second-order valence-electron chi connectivity index (χ2n) is 20.6. The second-order valence-corrected chi connectivity index (χ2v) is 20.6. The third kappa shape index (κ3) is 6.69. The summed E-state index contributed by atoms with van der Waals surface area (Å²) in [5.41, 5.74) is 2.39. The number of fused-ring (bicyclic) bond motifs is 7. The number of esters is 1. The van der Waals surface area contributed by atoms with E-state index in [2.05, 4.69) is 77.7 Å². The van der Waals surface area contributed by atoms with Gasteiger partial charge >= 0.3 is 11.9 Å². The van der Waals surface area contributed by atoms with E-state index in [0.717, 1.165) is 44.9 Å². The number of rotatable bonds is 11. The lowest BCUT2D eigenvalue weighted by Gasteiger charge is -2.73. The van der Waals surface area contributed by atoms with Crippen LogP contribution in [0.5, 0.6) is 0 Å². The average molecular weight is 716 g/mol. The first-order valence-electron chi connectivity index (χ1n) is 20.7. The van der Waals surface area contributed by atoms with Gasteiger partial charge in [0.25, 0.3) is 0 Å². The van der Waals surface area contributed by atoms with Crippen molar-refractivity contribution in [3.8, 4) is 0 Å². The highest BCUT2D eigenvalue weighted by Gasteiger charge is 2.71. The summed E-state index contributed by atoms with van der Waals surface area (Å²) in [5, 5.41) is 12.7. The number of hydrogen-bond acceptors (Lipinski definition) is 4. The van der Waals surface area contributed by atoms with E-state index >= 15 is 0 Å². The van der Waals surface area contributed by atoms with Gasteiger partial charge in [0.15, 0.2) is 0 Å². The molecule has 1 aromatic carbocycles. The van der Waals surface area contributed by atoms with Crippen LogP contribution < -0.4 is 5.32 Å². The number of carboxylic acids is 1. The number of benzene rings is 1. The first kappa shape index (κ1) is 39.1. The molecule has 0 spiro atoms. The highest BCUT2D eigenvalue weighted by Crippen LogP contribution is 2.78. The molecule has 6 heteroatoms. The fourth-order valence-corrected chi connectivity index (χ4v) is 14.2. The van der Waals surface area contributed by atoms with Crippen LogP contribution in [0.15, 0.2) is 42.5 Å². The molecule has 0 heterocycles. The Morgan fingerprint density at radius 2 is 1.58 bits per heavy atom. The van der Waals surface area contributed by atoms with E-state index in [-0.39, 0.29) is 57.9 Å². The quantitative estimate of drug-likeness (QED) is 0.176. The van der Waals surface area contributed by atoms with Crippen molar-refractivity contribution >= 4 is 17.8 Å². The van der Waals surface area contributed by atoms with E-state index in [9.17, 15) is 19.5 Å². The molecule has 52 heavy (non-hydrogen) atoms. The van der Waals surface area contributed by atoms with Gasteiger partial charge in [-0.1, -0.05) is 91.0 Å². The molecule has 0 radical (unpaired) electrons. The molecule has 3 unspecified atom stereocenters. The zero-order chi connectivity index (χ0) is 37.9. The zero-order valence-corrected chi connectivity index (χ0v) is 33.7. The minimum atomic E-state index is -0.882. The number of carboxylic acid groups (broad SMARTS) is 1. The lowest BCUT2D eigenvalue weighted by atomic mass is 9.32. The average Bonchev–Trinajstić information content (AvgIpc) is 3.42. The molecule has 1 aromatic rings. The standard InChI is InChI=1S/C46H69NO5/c1-30(2)32-17-23-46(27-37(48)47-26-20-31-13-11-10-12-14-31)25-24-44(8)33(40(32)46)15-16-35-43(7)21-19-36(42(5,6)34(43)18-22-45(35,44)9)52-39(51)29-41(3,4)28-38(49)50/h10-14,32-36,40H,1,15-29H2,2-9H3,(H,47,48)(H,49,50)/t32-,33+,34?,35?,36-,40?,43-,44+,45+,46+/m0/s1. The minimum Gasteiger partial charge on any atom is -0.481 e. The van der Waals surface area contributed by atoms with Gasteiger partial charge in [-0.15, -0.1) is 0 Å². The number of ether oxygens (including phenoxy) is 1. The summed E-state index contributed by atoms with van der Waals surface area (Å²) in [5.74, 6) is 1.71. The molecular formula is C46H69NO5. The van der Waals surface area contributed by atoms with Crippen LogP contribution >= 0.6 is 0 Å². The third-order valence-electron chi connectivity index (χ3n) is 16.8. The Morgan fingerprint density at radius 1 is 0.865 bits per heavy atom. The maximum Gasteiger partial charge on any atom is 0.306 e. The second kappa shape index (κ2) is 13.9. The molecule has 5 saturated carbocycles. The number of carbonyl (C=O) groups is 3. The molecule has 0 saturated heterocycles. The van der Waals surface area contributed by atoms with Crippen LogP contribution in [0.25, 0.3) is 0 Å². The van der Waals surface area contributed by atoms with Crippen molar-refractivity contribution in [1.82, 2.24) is 5.32 Å². The molecule has 0 aromatic heterocycles. The van der Waals surface area contributed by atoms with Crippen molar-refractivity contribution in [2.45, 2.75) is 151 Å². The highest BCUT2D eigenvalue weighted by atomic mass is 16.5. The predicted molar refractivity (Wildman–Crippen MR) is 207 cm³/mol. The first-order valence-corrected chi connectivity index (χ1v) is 20.7. The molecule has 288 valence electrons. The number of aliphatic carboxylic acids is 1. The topological polar surface area (TPSA) is 92.7 Å². The fraction of sp³-hybridized carbons (Fsp3) is 0.761. The van der Waals surface area contributed by atoms with E-state index < -0.39 is 11.4 Å². The Hall–Kier alpha value is -2.63. The molecule has 1 amide bonds. The highest BCUT2D eigenvalue weighted by molar-refractivity contribution is 5.77. The van der Waals surface area contributed by atoms with Crippen LogP contribution in [0.4, 0.5) is 0 Å². The lowest BCUT2D eigenvalue weighted by molar-refractivity contribution is -0.250. The normalized spacial score (nSPS) is 39.2. The minimum absolute atomic E-state index is 0.0477. The Kier molecular flexibility index (Phi) is 10.4. The van der Waals surface area contributed by atoms with Gasteiger partial charge in [-0.2, -0.15) is 0 Å². The predicted octanol–water partition coefficient (Wildman–Crippen LogP) is 10.2. The molecule has 0 bridgehead atoms. The van der Waals surface area contributed by atoms with Crippen molar-refractivity contribution in [2.24, 2.45) is 62.1 Å². The molecule has 5 fully saturated rings. The van der Waals surface area contributed by atoms with Crippen LogP contribution in [-0.2, 0) is 25.5 Å². The van der Waals surface area contributed by atoms with E-state index in [0.29, 0.717) is 42.6 Å². The summed E-state index contributed by atoms with van der Waals surface area (Å²) in [6, 6.07) is 10.4. The maximum absolute atomic E-state index is 13.7. The molecule has 5 aliphatic rings. The zero-order valence-electron chi connectivity index (χ0n) is 33.7. The molecule has 5 aliphatic carbocycles. The Bertz CT molecular complexity index is 1530. The summed E-state index contributed by atoms with van der Waals surface area (Å²) in [6.45, 7) is 23.7. The summed E-state index contributed by atoms with van der Waals surface area (Å²) in [4.78, 5) is 38.4. The molecule has 2 N–H and O–H groups in total. The van der Waals surface area contributed by atoms with Crippen LogP contribution in [0.2, 0.25) is 0 Å². The lowest BCUT2D eigenvalue weighted by Crippen LogP contribution is -2.67. The fourth-order valence-electron chi connectivity index (χ4n) is 14.2. The summed E-state index contributed by atoms with van der Waals surface area (Å²) < 4.78 is 6.28. The molecule has 10 atom stereocenters. The largest absolute Gasteiger partial charge is 0.481 e. The summed E-state index contributed by atoms with van der Waals surface area (Å²) >= 11 is 0. The Labute approximate surface area is 314 Å². The van der Waals surface area contributed by atoms with E-state index in [1.165, 1.54) is 36.8 Å². The van der Waals surface area contributed by atoms with Crippen LogP contribution in [0.1, 0.15) is 144 Å². The number of allylic oxidation sites excluding steroid dienone is 1. The summed E-state index contributed by atoms with van der Waals surface area (Å²) in [6.07, 6.45) is 12.7.